The van der Waals surface area contributed by atoms with E-state index in [0.717, 1.165) is 27.8 Å². The van der Waals surface area contributed by atoms with Gasteiger partial charge >= 0.3 is 6.18 Å². The molecule has 1 unspecified atom stereocenters. The van der Waals surface area contributed by atoms with E-state index in [9.17, 15) is 23.2 Å². The zero-order chi connectivity index (χ0) is 28.0. The zero-order valence-electron chi connectivity index (χ0n) is 21.2. The number of aliphatic imine (C=N–C) groups is 1. The fourth-order valence-electron chi connectivity index (χ4n) is 4.25. The highest BCUT2D eigenvalue weighted by atomic mass is 127. The molecule has 0 spiro atoms. The maximum Gasteiger partial charge on any atom is 0.416 e. The van der Waals surface area contributed by atoms with Crippen molar-refractivity contribution < 1.29 is 22.7 Å². The topological polar surface area (TPSA) is 81.0 Å². The van der Waals surface area contributed by atoms with Crippen LogP contribution in [0.25, 0.3) is 0 Å². The molecule has 2 aromatic carbocycles. The molecule has 1 fully saturated rings. The molecule has 1 N–H and O–H groups in total. The molecule has 0 saturated carbocycles. The number of hydrogen-bond donors (Lipinski definition) is 1. The van der Waals surface area contributed by atoms with Gasteiger partial charge in [0.1, 0.15) is 6.10 Å². The van der Waals surface area contributed by atoms with Crippen molar-refractivity contribution in [1.29, 1.82) is 5.26 Å². The Hall–Kier alpha value is -3.37. The summed E-state index contributed by atoms with van der Waals surface area (Å²) < 4.78 is 45.0. The van der Waals surface area contributed by atoms with Gasteiger partial charge < -0.3 is 15.0 Å². The number of carbonyl (C=O) groups excluding carboxylic acids is 1. The predicted octanol–water partition coefficient (Wildman–Crippen LogP) is 5.40. The molecule has 1 saturated heterocycles. The second kappa shape index (κ2) is 12.7. The maximum atomic E-state index is 12.8. The first-order chi connectivity index (χ1) is 18.7. The van der Waals surface area contributed by atoms with Gasteiger partial charge in [0.15, 0.2) is 0 Å². The minimum Gasteiger partial charge on any atom is -0.468 e. The summed E-state index contributed by atoms with van der Waals surface area (Å²) in [5.41, 5.74) is 2.70. The van der Waals surface area contributed by atoms with Gasteiger partial charge in [-0.2, -0.15) is 18.4 Å². The molecule has 0 bridgehead atoms. The monoisotopic (exact) mass is 649 g/mol. The molecular formula is C28H27F3IN5O2. The number of nitriles is 1. The highest BCUT2D eigenvalue weighted by Crippen LogP contribution is 2.30. The number of piperazine rings is 1. The first-order valence-electron chi connectivity index (χ1n) is 12.3. The largest absolute Gasteiger partial charge is 0.468 e. The van der Waals surface area contributed by atoms with Gasteiger partial charge in [-0.25, -0.2) is 4.99 Å². The van der Waals surface area contributed by atoms with E-state index in [0.29, 0.717) is 49.0 Å². The number of benzene rings is 2. The van der Waals surface area contributed by atoms with Crippen LogP contribution in [0.3, 0.4) is 0 Å². The Kier molecular flexibility index (Phi) is 9.29. The predicted molar refractivity (Wildman–Crippen MR) is 153 cm³/mol. The molecule has 39 heavy (non-hydrogen) atoms. The molecule has 2 heterocycles. The first kappa shape index (κ1) is 28.6. The van der Waals surface area contributed by atoms with Crippen molar-refractivity contribution in [3.63, 3.8) is 0 Å². The third-order valence-corrected chi connectivity index (χ3v) is 6.82. The van der Waals surface area contributed by atoms with Gasteiger partial charge in [0.05, 0.1) is 29.4 Å². The summed E-state index contributed by atoms with van der Waals surface area (Å²) in [7, 11) is 0. The highest BCUT2D eigenvalue weighted by molar-refractivity contribution is 14.1. The van der Waals surface area contributed by atoms with Crippen molar-refractivity contribution in [2.75, 3.05) is 47.4 Å². The molecule has 0 aromatic heterocycles. The second-order valence-corrected chi connectivity index (χ2v) is 9.99. The van der Waals surface area contributed by atoms with Gasteiger partial charge in [-0.15, -0.1) is 0 Å². The average molecular weight is 649 g/mol. The van der Waals surface area contributed by atoms with E-state index in [4.69, 9.17) is 4.74 Å². The number of ether oxygens (including phenoxy) is 1. The Morgan fingerprint density at radius 3 is 2.41 bits per heavy atom. The lowest BCUT2D eigenvalue weighted by Crippen LogP contribution is -2.48. The summed E-state index contributed by atoms with van der Waals surface area (Å²) in [4.78, 5) is 21.2. The number of anilines is 2. The SMILES string of the molecule is CC1OC(c2ccc(NC(=O)CN3CCN(c4ccc(C(F)(F)F)cc4)CC3)cc2)=N/C1=C/C(C#N)=C\CI. The molecule has 2 aliphatic rings. The molecule has 4 rings (SSSR count). The molecule has 2 aromatic rings. The van der Waals surface area contributed by atoms with Gasteiger partial charge in [0.2, 0.25) is 11.8 Å². The Morgan fingerprint density at radius 1 is 1.15 bits per heavy atom. The minimum atomic E-state index is -4.35. The van der Waals surface area contributed by atoms with Crippen molar-refractivity contribution in [2.45, 2.75) is 19.2 Å². The quantitative estimate of drug-likeness (QED) is 0.247. The maximum absolute atomic E-state index is 12.8. The molecule has 11 heteroatoms. The van der Waals surface area contributed by atoms with Crippen LogP contribution >= 0.6 is 22.6 Å². The lowest BCUT2D eigenvalue weighted by atomic mass is 10.1. The first-order valence-corrected chi connectivity index (χ1v) is 13.9. The van der Waals surface area contributed by atoms with E-state index in [1.54, 1.807) is 18.2 Å². The van der Waals surface area contributed by atoms with Crippen LogP contribution in [-0.2, 0) is 15.7 Å². The van der Waals surface area contributed by atoms with Crippen molar-refractivity contribution in [3.8, 4) is 6.07 Å². The Balaban J connectivity index is 1.27. The van der Waals surface area contributed by atoms with Gasteiger partial charge in [-0.05, 0) is 61.5 Å². The van der Waals surface area contributed by atoms with Crippen LogP contribution < -0.4 is 10.2 Å². The number of halogens is 4. The summed E-state index contributed by atoms with van der Waals surface area (Å²) in [5, 5.41) is 12.2. The Labute approximate surface area is 238 Å². The fourth-order valence-corrected chi connectivity index (χ4v) is 4.72. The number of rotatable bonds is 7. The molecule has 7 nitrogen and oxygen atoms in total. The van der Waals surface area contributed by atoms with E-state index < -0.39 is 11.7 Å². The lowest BCUT2D eigenvalue weighted by Gasteiger charge is -2.35. The number of alkyl halides is 4. The lowest BCUT2D eigenvalue weighted by molar-refractivity contribution is -0.137. The smallest absolute Gasteiger partial charge is 0.416 e. The van der Waals surface area contributed by atoms with Gasteiger partial charge in [0.25, 0.3) is 0 Å². The molecule has 204 valence electrons. The van der Waals surface area contributed by atoms with Crippen LogP contribution in [-0.4, -0.2) is 60.0 Å². The summed E-state index contributed by atoms with van der Waals surface area (Å²) in [6.45, 7) is 4.58. The van der Waals surface area contributed by atoms with E-state index in [1.807, 2.05) is 34.9 Å². The van der Waals surface area contributed by atoms with E-state index >= 15 is 0 Å². The van der Waals surface area contributed by atoms with Gasteiger partial charge in [0, 0.05) is 47.5 Å². The standard InChI is InChI=1S/C28H27F3IN5O2/c1-19-25(16-20(17-33)10-11-32)35-27(39-19)21-2-6-23(7-3-21)34-26(38)18-36-12-14-37(15-13-36)24-8-4-22(5-9-24)28(29,30)31/h2-10,16,19H,11-15,18H2,1H3,(H,34,38)/b20-10+,25-16+. The number of allylic oxidation sites excluding steroid dienone is 3. The van der Waals surface area contributed by atoms with E-state index in [1.165, 1.54) is 12.1 Å². The molecule has 1 atom stereocenters. The Morgan fingerprint density at radius 2 is 1.82 bits per heavy atom. The third-order valence-electron chi connectivity index (χ3n) is 6.38. The second-order valence-electron chi connectivity index (χ2n) is 9.11. The van der Waals surface area contributed by atoms with Crippen molar-refractivity contribution in [2.24, 2.45) is 4.99 Å². The molecule has 0 radical (unpaired) electrons. The van der Waals surface area contributed by atoms with Crippen LogP contribution in [0.5, 0.6) is 0 Å². The number of amides is 1. The summed E-state index contributed by atoms with van der Waals surface area (Å²) in [5.74, 6) is 0.314. The zero-order valence-corrected chi connectivity index (χ0v) is 23.4. The molecule has 1 amide bonds. The fraction of sp³-hybridized carbons (Fsp3) is 0.321. The van der Waals surface area contributed by atoms with Gasteiger partial charge in [-0.1, -0.05) is 28.7 Å². The molecular weight excluding hydrogens is 622 g/mol. The van der Waals surface area contributed by atoms with Crippen LogP contribution in [0, 0.1) is 11.3 Å². The average Bonchev–Trinajstić information content (AvgIpc) is 3.28. The van der Waals surface area contributed by atoms with Crippen molar-refractivity contribution in [1.82, 2.24) is 4.90 Å². The third kappa shape index (κ3) is 7.60. The summed E-state index contributed by atoms with van der Waals surface area (Å²) in [6, 6.07) is 14.5. The summed E-state index contributed by atoms with van der Waals surface area (Å²) in [6.07, 6.45) is -1.07. The van der Waals surface area contributed by atoms with E-state index in [2.05, 4.69) is 39.0 Å². The van der Waals surface area contributed by atoms with Crippen molar-refractivity contribution >= 4 is 45.8 Å². The number of nitrogens with zero attached hydrogens (tertiary/aromatic N) is 4. The van der Waals surface area contributed by atoms with Crippen LogP contribution in [0.2, 0.25) is 0 Å². The number of hydrogen-bond acceptors (Lipinski definition) is 6. The van der Waals surface area contributed by atoms with Crippen LogP contribution in [0.4, 0.5) is 24.5 Å². The number of nitrogens with one attached hydrogen (secondary N) is 1. The normalized spacial score (nSPS) is 19.4. The number of carbonyl (C=O) groups is 1. The minimum absolute atomic E-state index is 0.148. The molecule has 2 aliphatic heterocycles. The van der Waals surface area contributed by atoms with Gasteiger partial charge in [-0.3, -0.25) is 9.69 Å². The highest BCUT2D eigenvalue weighted by Gasteiger charge is 2.30. The van der Waals surface area contributed by atoms with Crippen LogP contribution in [0.15, 0.2) is 76.9 Å². The Bertz CT molecular complexity index is 1310. The van der Waals surface area contributed by atoms with E-state index in [-0.39, 0.29) is 18.6 Å². The molecule has 0 aliphatic carbocycles. The summed E-state index contributed by atoms with van der Waals surface area (Å²) >= 11 is 2.18. The van der Waals surface area contributed by atoms with Crippen molar-refractivity contribution in [3.05, 3.63) is 83.1 Å². The van der Waals surface area contributed by atoms with Crippen LogP contribution in [0.1, 0.15) is 18.1 Å².